The highest BCUT2D eigenvalue weighted by molar-refractivity contribution is 5.82. The molecule has 2 heterocycles. The summed E-state index contributed by atoms with van der Waals surface area (Å²) in [4.78, 5) is 22.0. The molecule has 2 aromatic rings. The van der Waals surface area contributed by atoms with Crippen LogP contribution < -0.4 is 16.7 Å². The highest BCUT2D eigenvalue weighted by Crippen LogP contribution is 2.04. The maximum Gasteiger partial charge on any atom is 0.364 e. The number of rotatable bonds is 3. The number of hydrogen-bond donors (Lipinski definition) is 3. The van der Waals surface area contributed by atoms with Gasteiger partial charge in [-0.05, 0) is 19.1 Å². The molecular weight excluding hydrogens is 212 g/mol. The van der Waals surface area contributed by atoms with Crippen molar-refractivity contribution in [1.82, 2.24) is 19.8 Å². The molecule has 8 nitrogen and oxygen atoms in total. The van der Waals surface area contributed by atoms with Crippen LogP contribution in [0.15, 0.2) is 16.9 Å². The fourth-order valence-corrected chi connectivity index (χ4v) is 1.17. The van der Waals surface area contributed by atoms with Gasteiger partial charge >= 0.3 is 5.69 Å². The average Bonchev–Trinajstić information content (AvgIpc) is 2.60. The molecule has 1 amide bonds. The fraction of sp³-hybridized carbons (Fsp3) is 0.250. The minimum Gasteiger partial charge on any atom is -0.368 e. The van der Waals surface area contributed by atoms with Crippen LogP contribution in [0.2, 0.25) is 0 Å². The maximum atomic E-state index is 11.2. The van der Waals surface area contributed by atoms with Crippen LogP contribution in [0, 0.1) is 0 Å². The van der Waals surface area contributed by atoms with Crippen molar-refractivity contribution in [2.45, 2.75) is 13.0 Å². The van der Waals surface area contributed by atoms with Crippen LogP contribution in [0.4, 0.5) is 5.82 Å². The van der Waals surface area contributed by atoms with Gasteiger partial charge < -0.3 is 11.1 Å². The van der Waals surface area contributed by atoms with Gasteiger partial charge in [-0.2, -0.15) is 9.61 Å². The summed E-state index contributed by atoms with van der Waals surface area (Å²) in [6.07, 6.45) is 0. The van der Waals surface area contributed by atoms with Crippen molar-refractivity contribution in [2.75, 3.05) is 5.32 Å². The van der Waals surface area contributed by atoms with E-state index in [9.17, 15) is 9.59 Å². The summed E-state index contributed by atoms with van der Waals surface area (Å²) in [6.45, 7) is 1.60. The number of aromatic nitrogens is 4. The number of carbonyl (C=O) groups excluding carboxylic acids is 1. The molecule has 0 aromatic carbocycles. The summed E-state index contributed by atoms with van der Waals surface area (Å²) in [5.41, 5.74) is 5.06. The van der Waals surface area contributed by atoms with Crippen LogP contribution in [0.1, 0.15) is 6.92 Å². The lowest BCUT2D eigenvalue weighted by atomic mass is 10.3. The highest BCUT2D eigenvalue weighted by Gasteiger charge is 2.09. The lowest BCUT2D eigenvalue weighted by molar-refractivity contribution is -0.118. The van der Waals surface area contributed by atoms with Crippen LogP contribution in [0.25, 0.3) is 5.65 Å². The van der Waals surface area contributed by atoms with Crippen molar-refractivity contribution in [3.63, 3.8) is 0 Å². The zero-order valence-electron chi connectivity index (χ0n) is 8.47. The number of primary amides is 1. The Kier molecular flexibility index (Phi) is 2.31. The number of hydrogen-bond acceptors (Lipinski definition) is 5. The van der Waals surface area contributed by atoms with Crippen molar-refractivity contribution < 1.29 is 4.79 Å². The summed E-state index contributed by atoms with van der Waals surface area (Å²) >= 11 is 0. The molecule has 1 atom stereocenters. The summed E-state index contributed by atoms with van der Waals surface area (Å²) < 4.78 is 1.09. The first kappa shape index (κ1) is 10.1. The second-order valence-electron chi connectivity index (χ2n) is 3.29. The first-order valence-corrected chi connectivity index (χ1v) is 4.58. The molecule has 4 N–H and O–H groups in total. The average molecular weight is 222 g/mol. The predicted molar refractivity (Wildman–Crippen MR) is 55.9 cm³/mol. The third-order valence-electron chi connectivity index (χ3n) is 2.06. The van der Waals surface area contributed by atoms with E-state index in [1.165, 1.54) is 0 Å². The van der Waals surface area contributed by atoms with Gasteiger partial charge in [-0.3, -0.25) is 4.79 Å². The minimum absolute atomic E-state index is 0.377. The van der Waals surface area contributed by atoms with Gasteiger partial charge in [-0.25, -0.2) is 9.89 Å². The van der Waals surface area contributed by atoms with Crippen LogP contribution in [0.5, 0.6) is 0 Å². The van der Waals surface area contributed by atoms with Crippen molar-refractivity contribution in [1.29, 1.82) is 0 Å². The first-order chi connectivity index (χ1) is 7.58. The zero-order valence-corrected chi connectivity index (χ0v) is 8.47. The lowest BCUT2D eigenvalue weighted by Crippen LogP contribution is -2.33. The molecule has 2 rings (SSSR count). The van der Waals surface area contributed by atoms with Gasteiger partial charge in [0.25, 0.3) is 0 Å². The molecule has 0 aliphatic heterocycles. The smallest absolute Gasteiger partial charge is 0.364 e. The number of fused-ring (bicyclic) bond motifs is 1. The van der Waals surface area contributed by atoms with E-state index in [-0.39, 0.29) is 0 Å². The Balaban J connectivity index is 2.35. The van der Waals surface area contributed by atoms with E-state index >= 15 is 0 Å². The number of carbonyl (C=O) groups is 1. The number of nitrogens with one attached hydrogen (secondary N) is 2. The van der Waals surface area contributed by atoms with Crippen molar-refractivity contribution in [3.05, 3.63) is 22.6 Å². The monoisotopic (exact) mass is 222 g/mol. The molecule has 0 bridgehead atoms. The van der Waals surface area contributed by atoms with E-state index in [1.807, 2.05) is 0 Å². The number of anilines is 1. The summed E-state index contributed by atoms with van der Waals surface area (Å²) in [7, 11) is 0. The molecule has 0 radical (unpaired) electrons. The second-order valence-corrected chi connectivity index (χ2v) is 3.29. The van der Waals surface area contributed by atoms with Gasteiger partial charge in [0, 0.05) is 0 Å². The van der Waals surface area contributed by atoms with Gasteiger partial charge in [-0.15, -0.1) is 5.10 Å². The standard InChI is InChI=1S/C8H10N6O2/c1-4(7(9)15)10-5-2-3-6-11-12-8(16)14(6)13-5/h2-4H,1H3,(H2,9,15)(H,10,13)(H,12,16). The third-order valence-corrected chi connectivity index (χ3v) is 2.06. The Morgan fingerprint density at radius 3 is 3.06 bits per heavy atom. The van der Waals surface area contributed by atoms with Gasteiger partial charge in [0.1, 0.15) is 11.9 Å². The number of H-pyrrole nitrogens is 1. The Bertz CT molecular complexity index is 585. The molecule has 0 spiro atoms. The van der Waals surface area contributed by atoms with Gasteiger partial charge in [0.05, 0.1) is 0 Å². The minimum atomic E-state index is -0.562. The number of nitrogens with two attached hydrogens (primary N) is 1. The van der Waals surface area contributed by atoms with Crippen LogP contribution in [0.3, 0.4) is 0 Å². The molecular formula is C8H10N6O2. The normalized spacial score (nSPS) is 12.6. The van der Waals surface area contributed by atoms with Gasteiger partial charge in [0.2, 0.25) is 5.91 Å². The Hall–Kier alpha value is -2.38. The molecule has 0 aliphatic rings. The molecule has 0 aliphatic carbocycles. The zero-order chi connectivity index (χ0) is 11.7. The van der Waals surface area contributed by atoms with E-state index in [0.29, 0.717) is 11.5 Å². The first-order valence-electron chi connectivity index (χ1n) is 4.58. The van der Waals surface area contributed by atoms with Crippen molar-refractivity contribution in [2.24, 2.45) is 5.73 Å². The quantitative estimate of drug-likeness (QED) is 0.596. The second kappa shape index (κ2) is 3.65. The summed E-state index contributed by atoms with van der Waals surface area (Å²) in [6, 6.07) is 2.64. The topological polar surface area (TPSA) is 118 Å². The Labute approximate surface area is 89.5 Å². The van der Waals surface area contributed by atoms with Crippen LogP contribution in [-0.2, 0) is 4.79 Å². The summed E-state index contributed by atoms with van der Waals surface area (Å²) in [5.74, 6) is -0.122. The molecule has 0 saturated carbocycles. The predicted octanol–water partition coefficient (Wildman–Crippen LogP) is -1.30. The highest BCUT2D eigenvalue weighted by atomic mass is 16.2. The van der Waals surface area contributed by atoms with Gasteiger partial charge in [-0.1, -0.05) is 0 Å². The van der Waals surface area contributed by atoms with Gasteiger partial charge in [0.15, 0.2) is 5.65 Å². The molecule has 0 fully saturated rings. The molecule has 2 aromatic heterocycles. The number of amides is 1. The molecule has 16 heavy (non-hydrogen) atoms. The molecule has 0 saturated heterocycles. The van der Waals surface area contributed by atoms with E-state index in [0.717, 1.165) is 4.52 Å². The molecule has 84 valence electrons. The van der Waals surface area contributed by atoms with E-state index < -0.39 is 17.6 Å². The largest absolute Gasteiger partial charge is 0.368 e. The van der Waals surface area contributed by atoms with E-state index in [4.69, 9.17) is 5.73 Å². The number of nitrogens with zero attached hydrogens (tertiary/aromatic N) is 3. The third kappa shape index (κ3) is 1.72. The van der Waals surface area contributed by atoms with E-state index in [1.54, 1.807) is 19.1 Å². The molecule has 1 unspecified atom stereocenters. The molecule has 8 heteroatoms. The Morgan fingerprint density at radius 1 is 1.62 bits per heavy atom. The number of aromatic amines is 1. The SMILES string of the molecule is CC(Nc1ccc2n[nH]c(=O)n2n1)C(N)=O. The maximum absolute atomic E-state index is 11.2. The van der Waals surface area contributed by atoms with Crippen molar-refractivity contribution >= 4 is 17.4 Å². The Morgan fingerprint density at radius 2 is 2.38 bits per heavy atom. The van der Waals surface area contributed by atoms with E-state index in [2.05, 4.69) is 20.6 Å². The van der Waals surface area contributed by atoms with Crippen LogP contribution >= 0.6 is 0 Å². The lowest BCUT2D eigenvalue weighted by Gasteiger charge is -2.09. The van der Waals surface area contributed by atoms with Crippen LogP contribution in [-0.4, -0.2) is 31.8 Å². The van der Waals surface area contributed by atoms with Crippen molar-refractivity contribution in [3.8, 4) is 0 Å². The fourth-order valence-electron chi connectivity index (χ4n) is 1.17. The summed E-state index contributed by atoms with van der Waals surface area (Å²) in [5, 5.41) is 12.7.